The van der Waals surface area contributed by atoms with Crippen LogP contribution in [0.5, 0.6) is 5.75 Å². The topological polar surface area (TPSA) is 97.4 Å². The monoisotopic (exact) mass is 355 g/mol. The van der Waals surface area contributed by atoms with Crippen LogP contribution >= 0.6 is 0 Å². The van der Waals surface area contributed by atoms with E-state index >= 15 is 0 Å². The Balaban J connectivity index is 1.68. The molecule has 3 aromatic rings. The number of nitrogens with zero attached hydrogens (tertiary/aromatic N) is 2. The van der Waals surface area contributed by atoms with Gasteiger partial charge in [0.1, 0.15) is 11.3 Å². The number of carbonyl (C=O) groups is 1. The third-order valence-corrected chi connectivity index (χ3v) is 4.53. The number of nitrogens with one attached hydrogen (secondary N) is 1. The molecule has 0 aliphatic heterocycles. The summed E-state index contributed by atoms with van der Waals surface area (Å²) in [6.07, 6.45) is 5.72. The van der Waals surface area contributed by atoms with Crippen LogP contribution < -0.4 is 10.9 Å². The molecule has 2 heterocycles. The molecule has 0 fully saturated rings. The average Bonchev–Trinajstić information content (AvgIpc) is 3.12. The van der Waals surface area contributed by atoms with Gasteiger partial charge < -0.3 is 19.4 Å². The Labute approximate surface area is 150 Å². The highest BCUT2D eigenvalue weighted by molar-refractivity contribution is 5.85. The number of phenolic OH excluding ortho intramolecular Hbond substituents is 1. The van der Waals surface area contributed by atoms with E-state index in [-0.39, 0.29) is 18.1 Å². The number of amides is 1. The summed E-state index contributed by atoms with van der Waals surface area (Å²) in [5.41, 5.74) is 1.74. The van der Waals surface area contributed by atoms with Crippen LogP contribution in [0.1, 0.15) is 23.1 Å². The number of imidazole rings is 1. The van der Waals surface area contributed by atoms with Crippen molar-refractivity contribution in [3.05, 3.63) is 58.0 Å². The lowest BCUT2D eigenvalue weighted by Gasteiger charge is -2.10. The highest BCUT2D eigenvalue weighted by Crippen LogP contribution is 2.28. The minimum absolute atomic E-state index is 0.0880. The molecule has 0 unspecified atom stereocenters. The number of aryl methyl sites for hydroxylation is 2. The van der Waals surface area contributed by atoms with E-state index in [1.54, 1.807) is 31.6 Å². The Morgan fingerprint density at radius 3 is 2.85 bits per heavy atom. The fourth-order valence-corrected chi connectivity index (χ4v) is 2.94. The molecule has 7 nitrogen and oxygen atoms in total. The Morgan fingerprint density at radius 1 is 1.31 bits per heavy atom. The summed E-state index contributed by atoms with van der Waals surface area (Å²) in [4.78, 5) is 28.3. The van der Waals surface area contributed by atoms with Crippen LogP contribution in [0.3, 0.4) is 0 Å². The molecule has 0 saturated carbocycles. The van der Waals surface area contributed by atoms with Gasteiger partial charge >= 0.3 is 5.63 Å². The van der Waals surface area contributed by atoms with Gasteiger partial charge in [-0.3, -0.25) is 4.79 Å². The molecule has 0 aliphatic rings. The Kier molecular flexibility index (Phi) is 5.06. The van der Waals surface area contributed by atoms with Gasteiger partial charge in [0.05, 0.1) is 6.33 Å². The number of aromatic hydroxyl groups is 1. The van der Waals surface area contributed by atoms with Gasteiger partial charge in [-0.25, -0.2) is 9.78 Å². The number of hydrogen-bond donors (Lipinski definition) is 2. The fourth-order valence-electron chi connectivity index (χ4n) is 2.94. The Hall–Kier alpha value is -3.09. The van der Waals surface area contributed by atoms with Crippen molar-refractivity contribution in [2.75, 3.05) is 6.54 Å². The molecule has 2 aromatic heterocycles. The third kappa shape index (κ3) is 3.61. The second-order valence-electron chi connectivity index (χ2n) is 6.23. The van der Waals surface area contributed by atoms with E-state index in [2.05, 4.69) is 10.3 Å². The van der Waals surface area contributed by atoms with Crippen molar-refractivity contribution in [3.8, 4) is 5.75 Å². The first kappa shape index (κ1) is 17.7. The number of rotatable bonds is 6. The molecule has 2 N–H and O–H groups in total. The normalized spacial score (nSPS) is 11.0. The number of aromatic nitrogens is 2. The maximum atomic E-state index is 12.3. The van der Waals surface area contributed by atoms with Gasteiger partial charge in [0.2, 0.25) is 5.91 Å². The molecule has 7 heteroatoms. The molecule has 1 aromatic carbocycles. The number of phenols is 1. The molecule has 136 valence electrons. The van der Waals surface area contributed by atoms with Gasteiger partial charge in [-0.2, -0.15) is 0 Å². The summed E-state index contributed by atoms with van der Waals surface area (Å²) in [5.74, 6) is -0.0315. The SMILES string of the molecule is Cc1c(CCC(=O)NCCn2ccnc2)c(=O)oc2c(C)c(O)ccc12. The van der Waals surface area contributed by atoms with Gasteiger partial charge in [-0.15, -0.1) is 0 Å². The van der Waals surface area contributed by atoms with E-state index in [1.165, 1.54) is 0 Å². The molecule has 0 saturated heterocycles. The molecule has 0 radical (unpaired) electrons. The largest absolute Gasteiger partial charge is 0.508 e. The van der Waals surface area contributed by atoms with Crippen molar-refractivity contribution < 1.29 is 14.3 Å². The molecular weight excluding hydrogens is 334 g/mol. The summed E-state index contributed by atoms with van der Waals surface area (Å²) in [6, 6.07) is 3.31. The van der Waals surface area contributed by atoms with Crippen molar-refractivity contribution in [1.82, 2.24) is 14.9 Å². The summed E-state index contributed by atoms with van der Waals surface area (Å²) in [6.45, 7) is 4.68. The van der Waals surface area contributed by atoms with E-state index in [0.717, 1.165) is 10.9 Å². The van der Waals surface area contributed by atoms with Crippen molar-refractivity contribution in [2.45, 2.75) is 33.2 Å². The van der Waals surface area contributed by atoms with Crippen molar-refractivity contribution >= 4 is 16.9 Å². The average molecular weight is 355 g/mol. The quantitative estimate of drug-likeness (QED) is 0.660. The highest BCUT2D eigenvalue weighted by atomic mass is 16.4. The molecule has 0 bridgehead atoms. The zero-order valence-electron chi connectivity index (χ0n) is 14.8. The maximum Gasteiger partial charge on any atom is 0.339 e. The van der Waals surface area contributed by atoms with Gasteiger partial charge in [0, 0.05) is 48.4 Å². The number of benzene rings is 1. The van der Waals surface area contributed by atoms with Crippen LogP contribution in [0, 0.1) is 13.8 Å². The predicted molar refractivity (Wildman–Crippen MR) is 97.2 cm³/mol. The van der Waals surface area contributed by atoms with Crippen LogP contribution in [0.4, 0.5) is 0 Å². The lowest BCUT2D eigenvalue weighted by molar-refractivity contribution is -0.121. The lowest BCUT2D eigenvalue weighted by atomic mass is 10.0. The zero-order valence-corrected chi connectivity index (χ0v) is 14.8. The predicted octanol–water partition coefficient (Wildman–Crippen LogP) is 2.06. The lowest BCUT2D eigenvalue weighted by Crippen LogP contribution is -2.27. The standard InChI is InChI=1S/C19H21N3O4/c1-12-14-3-5-16(23)13(2)18(14)26-19(25)15(12)4-6-17(24)21-8-10-22-9-7-20-11-22/h3,5,7,9,11,23H,4,6,8,10H2,1-2H3,(H,21,24). The smallest absolute Gasteiger partial charge is 0.339 e. The van der Waals surface area contributed by atoms with Crippen LogP contribution in [-0.2, 0) is 17.8 Å². The van der Waals surface area contributed by atoms with E-state index < -0.39 is 5.63 Å². The second kappa shape index (κ2) is 7.43. The number of carbonyl (C=O) groups excluding carboxylic acids is 1. The Morgan fingerprint density at radius 2 is 2.12 bits per heavy atom. The van der Waals surface area contributed by atoms with Crippen molar-refractivity contribution in [2.24, 2.45) is 0 Å². The molecule has 0 aliphatic carbocycles. The van der Waals surface area contributed by atoms with E-state index in [4.69, 9.17) is 4.42 Å². The first-order valence-corrected chi connectivity index (χ1v) is 8.44. The van der Waals surface area contributed by atoms with Gasteiger partial charge in [-0.05, 0) is 38.0 Å². The van der Waals surface area contributed by atoms with Crippen LogP contribution in [0.2, 0.25) is 0 Å². The van der Waals surface area contributed by atoms with Gasteiger partial charge in [-0.1, -0.05) is 0 Å². The summed E-state index contributed by atoms with van der Waals surface area (Å²) < 4.78 is 7.27. The van der Waals surface area contributed by atoms with E-state index in [1.807, 2.05) is 17.7 Å². The van der Waals surface area contributed by atoms with E-state index in [9.17, 15) is 14.7 Å². The molecular formula is C19H21N3O4. The van der Waals surface area contributed by atoms with Crippen molar-refractivity contribution in [1.29, 1.82) is 0 Å². The maximum absolute atomic E-state index is 12.3. The first-order chi connectivity index (χ1) is 12.5. The van der Waals surface area contributed by atoms with Gasteiger partial charge in [0.15, 0.2) is 0 Å². The minimum atomic E-state index is -0.463. The second-order valence-corrected chi connectivity index (χ2v) is 6.23. The molecule has 0 atom stereocenters. The molecule has 26 heavy (non-hydrogen) atoms. The minimum Gasteiger partial charge on any atom is -0.508 e. The van der Waals surface area contributed by atoms with Gasteiger partial charge in [0.25, 0.3) is 0 Å². The molecule has 1 amide bonds. The zero-order chi connectivity index (χ0) is 18.7. The summed E-state index contributed by atoms with van der Waals surface area (Å²) in [5, 5.41) is 13.4. The fraction of sp³-hybridized carbons (Fsp3) is 0.316. The van der Waals surface area contributed by atoms with Crippen LogP contribution in [0.15, 0.2) is 40.1 Å². The number of hydrogen-bond acceptors (Lipinski definition) is 5. The van der Waals surface area contributed by atoms with Crippen LogP contribution in [0.25, 0.3) is 11.0 Å². The number of fused-ring (bicyclic) bond motifs is 1. The summed E-state index contributed by atoms with van der Waals surface area (Å²) in [7, 11) is 0. The third-order valence-electron chi connectivity index (χ3n) is 4.53. The highest BCUT2D eigenvalue weighted by Gasteiger charge is 2.15. The van der Waals surface area contributed by atoms with Crippen LogP contribution in [-0.4, -0.2) is 27.1 Å². The molecule has 0 spiro atoms. The summed E-state index contributed by atoms with van der Waals surface area (Å²) >= 11 is 0. The van der Waals surface area contributed by atoms with E-state index in [0.29, 0.717) is 36.2 Å². The molecule has 3 rings (SSSR count). The first-order valence-electron chi connectivity index (χ1n) is 8.44. The van der Waals surface area contributed by atoms with Crippen molar-refractivity contribution in [3.63, 3.8) is 0 Å². The Bertz CT molecular complexity index is 990.